The standard InChI is InChI=1S/C16H12F3NO/c17-16(18,19)15(21)20-13-7-3-1-5-11(13)9-10-12-6-2-4-8-14(12)20/h1-8H,9-10H2. The molecule has 1 heterocycles. The normalized spacial score (nSPS) is 14.1. The molecule has 0 unspecified atom stereocenters. The number of nitrogens with zero attached hydrogens (tertiary/aromatic N) is 1. The van der Waals surface area contributed by atoms with Crippen molar-refractivity contribution in [2.45, 2.75) is 19.0 Å². The Hall–Kier alpha value is -2.30. The van der Waals surface area contributed by atoms with E-state index in [1.54, 1.807) is 48.5 Å². The topological polar surface area (TPSA) is 20.3 Å². The van der Waals surface area contributed by atoms with Gasteiger partial charge in [0.2, 0.25) is 0 Å². The molecule has 2 nitrogen and oxygen atoms in total. The Morgan fingerprint density at radius 1 is 0.857 bits per heavy atom. The van der Waals surface area contributed by atoms with Crippen LogP contribution >= 0.6 is 0 Å². The second-order valence-electron chi connectivity index (χ2n) is 4.90. The van der Waals surface area contributed by atoms with Crippen LogP contribution in [0.1, 0.15) is 11.1 Å². The summed E-state index contributed by atoms with van der Waals surface area (Å²) >= 11 is 0. The van der Waals surface area contributed by atoms with Crippen LogP contribution in [-0.2, 0) is 17.6 Å². The second kappa shape index (κ2) is 4.91. The molecule has 21 heavy (non-hydrogen) atoms. The highest BCUT2D eigenvalue weighted by atomic mass is 19.4. The molecule has 0 bridgehead atoms. The summed E-state index contributed by atoms with van der Waals surface area (Å²) in [5.74, 6) is -1.86. The van der Waals surface area contributed by atoms with Crippen molar-refractivity contribution < 1.29 is 18.0 Å². The molecule has 1 amide bonds. The van der Waals surface area contributed by atoms with E-state index < -0.39 is 12.1 Å². The van der Waals surface area contributed by atoms with E-state index in [4.69, 9.17) is 0 Å². The summed E-state index contributed by atoms with van der Waals surface area (Å²) in [6.45, 7) is 0. The van der Waals surface area contributed by atoms with Gasteiger partial charge in [0, 0.05) is 0 Å². The highest BCUT2D eigenvalue weighted by Crippen LogP contribution is 2.38. The first-order valence-electron chi connectivity index (χ1n) is 6.55. The average Bonchev–Trinajstić information content (AvgIpc) is 2.62. The molecule has 108 valence electrons. The lowest BCUT2D eigenvalue weighted by Gasteiger charge is -2.25. The van der Waals surface area contributed by atoms with Crippen molar-refractivity contribution >= 4 is 17.3 Å². The summed E-state index contributed by atoms with van der Waals surface area (Å²) in [5.41, 5.74) is 2.10. The van der Waals surface area contributed by atoms with Gasteiger partial charge in [-0.05, 0) is 36.1 Å². The third kappa shape index (κ3) is 2.39. The van der Waals surface area contributed by atoms with Crippen molar-refractivity contribution in [3.8, 4) is 0 Å². The molecule has 0 fully saturated rings. The lowest BCUT2D eigenvalue weighted by Crippen LogP contribution is -2.38. The molecular formula is C16H12F3NO. The maximum absolute atomic E-state index is 13.0. The Kier molecular flexibility index (Phi) is 3.20. The first kappa shape index (κ1) is 13.7. The third-order valence-corrected chi connectivity index (χ3v) is 3.57. The number of alkyl halides is 3. The van der Waals surface area contributed by atoms with E-state index in [0.717, 1.165) is 16.0 Å². The number of fused-ring (bicyclic) bond motifs is 2. The van der Waals surface area contributed by atoms with Crippen molar-refractivity contribution in [3.05, 3.63) is 59.7 Å². The fraction of sp³-hybridized carbons (Fsp3) is 0.188. The molecule has 2 aromatic rings. The van der Waals surface area contributed by atoms with Gasteiger partial charge in [0.05, 0.1) is 11.4 Å². The Labute approximate surface area is 119 Å². The van der Waals surface area contributed by atoms with Gasteiger partial charge in [-0.1, -0.05) is 36.4 Å². The summed E-state index contributed by atoms with van der Waals surface area (Å²) in [4.78, 5) is 12.7. The molecule has 0 aliphatic carbocycles. The predicted molar refractivity (Wildman–Crippen MR) is 73.5 cm³/mol. The maximum atomic E-state index is 13.0. The van der Waals surface area contributed by atoms with Crippen molar-refractivity contribution in [3.63, 3.8) is 0 Å². The van der Waals surface area contributed by atoms with Crippen LogP contribution in [0, 0.1) is 0 Å². The Balaban J connectivity index is 2.23. The number of hydrogen-bond donors (Lipinski definition) is 0. The zero-order valence-electron chi connectivity index (χ0n) is 11.0. The summed E-state index contributed by atoms with van der Waals surface area (Å²) in [6.07, 6.45) is -3.70. The van der Waals surface area contributed by atoms with Gasteiger partial charge < -0.3 is 0 Å². The fourth-order valence-corrected chi connectivity index (χ4v) is 2.63. The monoisotopic (exact) mass is 291 g/mol. The van der Waals surface area contributed by atoms with Crippen molar-refractivity contribution in [2.24, 2.45) is 0 Å². The lowest BCUT2D eigenvalue weighted by atomic mass is 10.0. The quantitative estimate of drug-likeness (QED) is 0.718. The summed E-state index contributed by atoms with van der Waals surface area (Å²) in [7, 11) is 0. The molecule has 0 atom stereocenters. The van der Waals surface area contributed by atoms with Gasteiger partial charge >= 0.3 is 12.1 Å². The molecule has 0 N–H and O–H groups in total. The SMILES string of the molecule is O=C(N1c2ccccc2CCc2ccccc21)C(F)(F)F. The molecule has 0 saturated carbocycles. The number of benzene rings is 2. The maximum Gasteiger partial charge on any atom is 0.472 e. The summed E-state index contributed by atoms with van der Waals surface area (Å²) in [5, 5.41) is 0. The van der Waals surface area contributed by atoms with Crippen LogP contribution in [0.3, 0.4) is 0 Å². The Bertz CT molecular complexity index is 646. The minimum Gasteiger partial charge on any atom is -0.273 e. The molecule has 0 aromatic heterocycles. The highest BCUT2D eigenvalue weighted by molar-refractivity contribution is 6.05. The number of aryl methyl sites for hydroxylation is 2. The summed E-state index contributed by atoms with van der Waals surface area (Å²) in [6, 6.07) is 13.5. The van der Waals surface area contributed by atoms with Crippen LogP contribution in [0.15, 0.2) is 48.5 Å². The largest absolute Gasteiger partial charge is 0.472 e. The van der Waals surface area contributed by atoms with Crippen LogP contribution in [0.2, 0.25) is 0 Å². The number of carbonyl (C=O) groups is 1. The number of halogens is 3. The molecule has 0 saturated heterocycles. The van der Waals surface area contributed by atoms with Gasteiger partial charge in [-0.3, -0.25) is 9.69 Å². The van der Waals surface area contributed by atoms with Crippen molar-refractivity contribution in [2.75, 3.05) is 4.90 Å². The summed E-state index contributed by atoms with van der Waals surface area (Å²) < 4.78 is 38.9. The second-order valence-corrected chi connectivity index (χ2v) is 4.90. The van der Waals surface area contributed by atoms with E-state index in [1.165, 1.54) is 0 Å². The van der Waals surface area contributed by atoms with Gasteiger partial charge in [0.1, 0.15) is 0 Å². The molecule has 1 aliphatic heterocycles. The zero-order chi connectivity index (χ0) is 15.0. The number of anilines is 2. The van der Waals surface area contributed by atoms with E-state index >= 15 is 0 Å². The smallest absolute Gasteiger partial charge is 0.273 e. The lowest BCUT2D eigenvalue weighted by molar-refractivity contribution is -0.169. The van der Waals surface area contributed by atoms with Gasteiger partial charge in [-0.2, -0.15) is 13.2 Å². The zero-order valence-corrected chi connectivity index (χ0v) is 11.0. The molecule has 3 rings (SSSR count). The van der Waals surface area contributed by atoms with Gasteiger partial charge in [-0.25, -0.2) is 0 Å². The van der Waals surface area contributed by atoms with Gasteiger partial charge in [0.15, 0.2) is 0 Å². The molecule has 1 aliphatic rings. The van der Waals surface area contributed by atoms with E-state index in [0.29, 0.717) is 24.2 Å². The van der Waals surface area contributed by atoms with Crippen molar-refractivity contribution in [1.29, 1.82) is 0 Å². The Morgan fingerprint density at radius 2 is 1.29 bits per heavy atom. The number of para-hydroxylation sites is 2. The van der Waals surface area contributed by atoms with E-state index in [2.05, 4.69) is 0 Å². The van der Waals surface area contributed by atoms with Crippen LogP contribution in [0.5, 0.6) is 0 Å². The first-order chi connectivity index (χ1) is 9.98. The fourth-order valence-electron chi connectivity index (χ4n) is 2.63. The van der Waals surface area contributed by atoms with Gasteiger partial charge in [0.25, 0.3) is 0 Å². The molecule has 0 radical (unpaired) electrons. The third-order valence-electron chi connectivity index (χ3n) is 3.57. The number of carbonyl (C=O) groups excluding carboxylic acids is 1. The van der Waals surface area contributed by atoms with Crippen LogP contribution < -0.4 is 4.90 Å². The first-order valence-corrected chi connectivity index (χ1v) is 6.55. The molecule has 2 aromatic carbocycles. The minimum atomic E-state index is -4.91. The molecule has 5 heteroatoms. The van der Waals surface area contributed by atoms with E-state index in [9.17, 15) is 18.0 Å². The van der Waals surface area contributed by atoms with Crippen LogP contribution in [0.25, 0.3) is 0 Å². The molecule has 0 spiro atoms. The van der Waals surface area contributed by atoms with E-state index in [-0.39, 0.29) is 0 Å². The number of hydrogen-bond acceptors (Lipinski definition) is 1. The minimum absolute atomic E-state index is 0.310. The van der Waals surface area contributed by atoms with E-state index in [1.807, 2.05) is 0 Å². The highest BCUT2D eigenvalue weighted by Gasteiger charge is 2.45. The molecular weight excluding hydrogens is 279 g/mol. The predicted octanol–water partition coefficient (Wildman–Crippen LogP) is 4.01. The van der Waals surface area contributed by atoms with Crippen LogP contribution in [-0.4, -0.2) is 12.1 Å². The van der Waals surface area contributed by atoms with Crippen molar-refractivity contribution in [1.82, 2.24) is 0 Å². The number of rotatable bonds is 0. The van der Waals surface area contributed by atoms with Gasteiger partial charge in [-0.15, -0.1) is 0 Å². The van der Waals surface area contributed by atoms with Crippen LogP contribution in [0.4, 0.5) is 24.5 Å². The average molecular weight is 291 g/mol. The number of amides is 1. The Morgan fingerprint density at radius 3 is 1.71 bits per heavy atom.